The predicted molar refractivity (Wildman–Crippen MR) is 70.1 cm³/mol. The zero-order valence-corrected chi connectivity index (χ0v) is 10.3. The molecular formula is C12H10N6O2. The molecule has 20 heavy (non-hydrogen) atoms. The number of hydrogen-bond acceptors (Lipinski definition) is 5. The van der Waals surface area contributed by atoms with Crippen LogP contribution in [0, 0.1) is 0 Å². The lowest BCUT2D eigenvalue weighted by atomic mass is 10.4. The van der Waals surface area contributed by atoms with Gasteiger partial charge in [0.05, 0.1) is 6.20 Å². The molecule has 0 aliphatic heterocycles. The summed E-state index contributed by atoms with van der Waals surface area (Å²) >= 11 is 0. The van der Waals surface area contributed by atoms with E-state index in [4.69, 9.17) is 0 Å². The summed E-state index contributed by atoms with van der Waals surface area (Å²) in [7, 11) is 0. The van der Waals surface area contributed by atoms with E-state index in [9.17, 15) is 9.59 Å². The van der Waals surface area contributed by atoms with Crippen molar-refractivity contribution in [3.8, 4) is 0 Å². The highest BCUT2D eigenvalue weighted by Crippen LogP contribution is 2.02. The van der Waals surface area contributed by atoms with E-state index in [1.54, 1.807) is 30.6 Å². The average Bonchev–Trinajstić information content (AvgIpc) is 2.92. The third kappa shape index (κ3) is 2.26. The number of anilines is 1. The van der Waals surface area contributed by atoms with E-state index in [-0.39, 0.29) is 18.0 Å². The van der Waals surface area contributed by atoms with E-state index < -0.39 is 0 Å². The minimum atomic E-state index is -0.366. The van der Waals surface area contributed by atoms with Gasteiger partial charge in [-0.1, -0.05) is 0 Å². The molecule has 0 fully saturated rings. The Balaban J connectivity index is 1.81. The predicted octanol–water partition coefficient (Wildman–Crippen LogP) is -0.0753. The van der Waals surface area contributed by atoms with Crippen LogP contribution in [0.25, 0.3) is 5.52 Å². The lowest BCUT2D eigenvalue weighted by Gasteiger charge is -2.06. The molecule has 3 aromatic rings. The fourth-order valence-corrected chi connectivity index (χ4v) is 1.76. The van der Waals surface area contributed by atoms with Gasteiger partial charge in [-0.2, -0.15) is 10.2 Å². The minimum Gasteiger partial charge on any atom is -0.324 e. The third-order valence-corrected chi connectivity index (χ3v) is 2.68. The summed E-state index contributed by atoms with van der Waals surface area (Å²) < 4.78 is 2.45. The van der Waals surface area contributed by atoms with Gasteiger partial charge in [0.2, 0.25) is 5.91 Å². The molecule has 3 rings (SSSR count). The normalized spacial score (nSPS) is 10.6. The minimum absolute atomic E-state index is 0.164. The smallest absolute Gasteiger partial charge is 0.293 e. The fourth-order valence-electron chi connectivity index (χ4n) is 1.76. The molecular weight excluding hydrogens is 260 g/mol. The van der Waals surface area contributed by atoms with Crippen LogP contribution in [0.5, 0.6) is 0 Å². The van der Waals surface area contributed by atoms with Crippen LogP contribution in [-0.4, -0.2) is 30.3 Å². The van der Waals surface area contributed by atoms with Crippen molar-refractivity contribution in [1.82, 2.24) is 24.4 Å². The Morgan fingerprint density at radius 3 is 2.75 bits per heavy atom. The first-order chi connectivity index (χ1) is 9.74. The van der Waals surface area contributed by atoms with Gasteiger partial charge in [0, 0.05) is 18.1 Å². The van der Waals surface area contributed by atoms with Gasteiger partial charge in [0.1, 0.15) is 18.4 Å². The molecule has 0 atom stereocenters. The van der Waals surface area contributed by atoms with Crippen molar-refractivity contribution in [3.63, 3.8) is 0 Å². The summed E-state index contributed by atoms with van der Waals surface area (Å²) in [6, 6.07) is 4.89. The molecule has 0 aliphatic rings. The number of aromatic nitrogens is 5. The first kappa shape index (κ1) is 12.0. The van der Waals surface area contributed by atoms with Gasteiger partial charge in [-0.15, -0.1) is 0 Å². The number of rotatable bonds is 3. The number of fused-ring (bicyclic) bond motifs is 1. The molecule has 8 nitrogen and oxygen atoms in total. The van der Waals surface area contributed by atoms with E-state index in [0.29, 0.717) is 11.2 Å². The second kappa shape index (κ2) is 4.92. The van der Waals surface area contributed by atoms with Crippen molar-refractivity contribution in [1.29, 1.82) is 0 Å². The number of carbonyl (C=O) groups is 1. The Kier molecular flexibility index (Phi) is 2.96. The summed E-state index contributed by atoms with van der Waals surface area (Å²) in [5.74, 6) is -0.338. The van der Waals surface area contributed by atoms with Crippen LogP contribution in [0.1, 0.15) is 0 Å². The molecule has 0 unspecified atom stereocenters. The maximum absolute atomic E-state index is 12.0. The number of carbonyl (C=O) groups excluding carboxylic acids is 1. The van der Waals surface area contributed by atoms with Crippen molar-refractivity contribution in [2.24, 2.45) is 0 Å². The van der Waals surface area contributed by atoms with Gasteiger partial charge in [0.15, 0.2) is 0 Å². The van der Waals surface area contributed by atoms with Crippen molar-refractivity contribution >= 4 is 17.1 Å². The highest BCUT2D eigenvalue weighted by atomic mass is 16.2. The molecule has 1 amide bonds. The number of nitrogens with zero attached hydrogens (tertiary/aromatic N) is 5. The quantitative estimate of drug-likeness (QED) is 0.718. The number of pyridine rings is 1. The molecule has 0 saturated carbocycles. The SMILES string of the molecule is O=C(Cn1ncn2nccc2c1=O)Nc1ccncc1. The van der Waals surface area contributed by atoms with Crippen LogP contribution >= 0.6 is 0 Å². The average molecular weight is 270 g/mol. The summed E-state index contributed by atoms with van der Waals surface area (Å²) in [6.45, 7) is -0.164. The molecule has 100 valence electrons. The lowest BCUT2D eigenvalue weighted by Crippen LogP contribution is -2.30. The summed E-state index contributed by atoms with van der Waals surface area (Å²) in [5.41, 5.74) is 0.620. The number of nitrogens with one attached hydrogen (secondary N) is 1. The second-order valence-corrected chi connectivity index (χ2v) is 4.04. The van der Waals surface area contributed by atoms with Crippen molar-refractivity contribution < 1.29 is 4.79 Å². The Bertz CT molecular complexity index is 807. The number of amides is 1. The van der Waals surface area contributed by atoms with Gasteiger partial charge in [-0.25, -0.2) is 9.20 Å². The summed E-state index contributed by atoms with van der Waals surface area (Å²) in [5, 5.41) is 10.5. The topological polar surface area (TPSA) is 94.2 Å². The van der Waals surface area contributed by atoms with Crippen molar-refractivity contribution in [2.75, 3.05) is 5.32 Å². The van der Waals surface area contributed by atoms with E-state index in [1.165, 1.54) is 17.0 Å². The van der Waals surface area contributed by atoms with Crippen LogP contribution in [0.3, 0.4) is 0 Å². The second-order valence-electron chi connectivity index (χ2n) is 4.04. The molecule has 3 heterocycles. The van der Waals surface area contributed by atoms with Crippen LogP contribution < -0.4 is 10.9 Å². The molecule has 3 aromatic heterocycles. The van der Waals surface area contributed by atoms with E-state index in [1.807, 2.05) is 0 Å². The molecule has 0 bridgehead atoms. The van der Waals surface area contributed by atoms with Gasteiger partial charge in [0.25, 0.3) is 5.56 Å². The first-order valence-electron chi connectivity index (χ1n) is 5.83. The zero-order chi connectivity index (χ0) is 13.9. The third-order valence-electron chi connectivity index (χ3n) is 2.68. The fraction of sp³-hybridized carbons (Fsp3) is 0.0833. The molecule has 0 radical (unpaired) electrons. The molecule has 1 N–H and O–H groups in total. The van der Waals surface area contributed by atoms with Crippen molar-refractivity contribution in [2.45, 2.75) is 6.54 Å². The van der Waals surface area contributed by atoms with Crippen molar-refractivity contribution in [3.05, 3.63) is 53.5 Å². The lowest BCUT2D eigenvalue weighted by molar-refractivity contribution is -0.117. The first-order valence-corrected chi connectivity index (χ1v) is 5.83. The maximum Gasteiger partial charge on any atom is 0.293 e. The Hall–Kier alpha value is -3.03. The summed E-state index contributed by atoms with van der Waals surface area (Å²) in [4.78, 5) is 27.7. The Morgan fingerprint density at radius 2 is 1.95 bits per heavy atom. The summed E-state index contributed by atoms with van der Waals surface area (Å²) in [6.07, 6.45) is 6.02. The van der Waals surface area contributed by atoms with Crippen LogP contribution in [0.15, 0.2) is 47.9 Å². The van der Waals surface area contributed by atoms with Gasteiger partial charge in [-0.05, 0) is 18.2 Å². The number of hydrogen-bond donors (Lipinski definition) is 1. The standard InChI is InChI=1S/C12H10N6O2/c19-11(16-9-1-4-13-5-2-9)7-17-12(20)10-3-6-14-18(10)8-15-17/h1-6,8H,7H2,(H,13,16,19). The highest BCUT2D eigenvalue weighted by Gasteiger charge is 2.09. The van der Waals surface area contributed by atoms with E-state index >= 15 is 0 Å². The zero-order valence-electron chi connectivity index (χ0n) is 10.3. The molecule has 0 aromatic carbocycles. The van der Waals surface area contributed by atoms with Gasteiger partial charge in [-0.3, -0.25) is 14.6 Å². The molecule has 0 aliphatic carbocycles. The highest BCUT2D eigenvalue weighted by molar-refractivity contribution is 5.90. The molecule has 0 spiro atoms. The monoisotopic (exact) mass is 270 g/mol. The van der Waals surface area contributed by atoms with Crippen LogP contribution in [-0.2, 0) is 11.3 Å². The maximum atomic E-state index is 12.0. The van der Waals surface area contributed by atoms with E-state index in [0.717, 1.165) is 4.68 Å². The van der Waals surface area contributed by atoms with Crippen LogP contribution in [0.4, 0.5) is 5.69 Å². The Morgan fingerprint density at radius 1 is 1.15 bits per heavy atom. The van der Waals surface area contributed by atoms with Crippen LogP contribution in [0.2, 0.25) is 0 Å². The molecule has 0 saturated heterocycles. The van der Waals surface area contributed by atoms with Gasteiger partial charge >= 0.3 is 0 Å². The molecule has 8 heteroatoms. The van der Waals surface area contributed by atoms with E-state index in [2.05, 4.69) is 20.5 Å². The van der Waals surface area contributed by atoms with Gasteiger partial charge < -0.3 is 5.32 Å². The largest absolute Gasteiger partial charge is 0.324 e. The Labute approximate surface area is 112 Å².